The van der Waals surface area contributed by atoms with Crippen LogP contribution in [0.1, 0.15) is 98.8 Å². The van der Waals surface area contributed by atoms with Crippen LogP contribution in [-0.4, -0.2) is 5.11 Å². The van der Waals surface area contributed by atoms with Gasteiger partial charge in [0.25, 0.3) is 0 Å². The molecule has 0 rings (SSSR count). The summed E-state index contributed by atoms with van der Waals surface area (Å²) in [5, 5.41) is 8.60. The van der Waals surface area contributed by atoms with Gasteiger partial charge in [0.15, 0.2) is 0 Å². The standard InChI is InChI=1S/C20H40O/c1-18(2)12-10-13-19(3)14-11-16-20(4,5)15-8-6-7-9-17-21/h9,17-19,21H,6-8,10-16H2,1-5H3/b17-9+. The topological polar surface area (TPSA) is 20.2 Å². The molecule has 0 spiro atoms. The smallest absolute Gasteiger partial charge is 0.0751 e. The maximum atomic E-state index is 8.60. The number of hydrogen-bond donors (Lipinski definition) is 1. The average molecular weight is 297 g/mol. The summed E-state index contributed by atoms with van der Waals surface area (Å²) < 4.78 is 0. The van der Waals surface area contributed by atoms with Gasteiger partial charge in [-0.3, -0.25) is 0 Å². The largest absolute Gasteiger partial charge is 0.516 e. The molecule has 0 radical (unpaired) electrons. The van der Waals surface area contributed by atoms with E-state index in [0.29, 0.717) is 5.41 Å². The maximum absolute atomic E-state index is 8.60. The second-order valence-corrected chi connectivity index (χ2v) is 8.12. The van der Waals surface area contributed by atoms with Gasteiger partial charge in [0, 0.05) is 0 Å². The predicted octanol–water partition coefficient (Wildman–Crippen LogP) is 7.28. The molecule has 0 aliphatic rings. The minimum absolute atomic E-state index is 0.487. The number of aliphatic hydroxyl groups excluding tert-OH is 1. The Morgan fingerprint density at radius 2 is 1.48 bits per heavy atom. The van der Waals surface area contributed by atoms with Crippen LogP contribution in [0.5, 0.6) is 0 Å². The first kappa shape index (κ1) is 20.5. The molecule has 126 valence electrons. The van der Waals surface area contributed by atoms with Crippen LogP contribution in [0.2, 0.25) is 0 Å². The summed E-state index contributed by atoms with van der Waals surface area (Å²) in [6.07, 6.45) is 16.2. The molecule has 0 aliphatic heterocycles. The van der Waals surface area contributed by atoms with Crippen molar-refractivity contribution in [3.63, 3.8) is 0 Å². The number of unbranched alkanes of at least 4 members (excludes halogenated alkanes) is 2. The molecule has 0 fully saturated rings. The van der Waals surface area contributed by atoms with Crippen LogP contribution in [0, 0.1) is 17.3 Å². The summed E-state index contributed by atoms with van der Waals surface area (Å²) >= 11 is 0. The van der Waals surface area contributed by atoms with Crippen molar-refractivity contribution in [2.75, 3.05) is 0 Å². The first-order chi connectivity index (χ1) is 9.87. The fraction of sp³-hybridized carbons (Fsp3) is 0.900. The summed E-state index contributed by atoms with van der Waals surface area (Å²) in [4.78, 5) is 0. The minimum Gasteiger partial charge on any atom is -0.516 e. The van der Waals surface area contributed by atoms with E-state index in [1.807, 2.05) is 6.08 Å². The third-order valence-corrected chi connectivity index (χ3v) is 4.61. The minimum atomic E-state index is 0.487. The highest BCUT2D eigenvalue weighted by Gasteiger charge is 2.17. The van der Waals surface area contributed by atoms with E-state index in [2.05, 4.69) is 34.6 Å². The molecule has 0 amide bonds. The zero-order valence-electron chi connectivity index (χ0n) is 15.3. The fourth-order valence-corrected chi connectivity index (χ4v) is 3.01. The molecule has 21 heavy (non-hydrogen) atoms. The predicted molar refractivity (Wildman–Crippen MR) is 95.7 cm³/mol. The number of rotatable bonds is 13. The van der Waals surface area contributed by atoms with E-state index in [-0.39, 0.29) is 0 Å². The maximum Gasteiger partial charge on any atom is 0.0751 e. The molecule has 1 N–H and O–H groups in total. The Bertz CT molecular complexity index is 253. The van der Waals surface area contributed by atoms with Crippen molar-refractivity contribution in [1.82, 2.24) is 0 Å². The summed E-state index contributed by atoms with van der Waals surface area (Å²) in [6, 6.07) is 0. The summed E-state index contributed by atoms with van der Waals surface area (Å²) in [7, 11) is 0. The molecule has 0 aromatic carbocycles. The summed E-state index contributed by atoms with van der Waals surface area (Å²) in [6.45, 7) is 11.9. The molecule has 0 saturated heterocycles. The first-order valence-electron chi connectivity index (χ1n) is 9.16. The van der Waals surface area contributed by atoms with Crippen LogP contribution < -0.4 is 0 Å². The number of aliphatic hydroxyl groups is 1. The Hall–Kier alpha value is -0.460. The van der Waals surface area contributed by atoms with Crippen molar-refractivity contribution < 1.29 is 5.11 Å². The van der Waals surface area contributed by atoms with Gasteiger partial charge in [-0.25, -0.2) is 0 Å². The van der Waals surface area contributed by atoms with Crippen molar-refractivity contribution in [1.29, 1.82) is 0 Å². The Morgan fingerprint density at radius 1 is 0.857 bits per heavy atom. The third kappa shape index (κ3) is 14.2. The highest BCUT2D eigenvalue weighted by atomic mass is 16.2. The molecule has 0 aromatic rings. The van der Waals surface area contributed by atoms with Crippen molar-refractivity contribution in [3.05, 3.63) is 12.3 Å². The number of hydrogen-bond acceptors (Lipinski definition) is 1. The van der Waals surface area contributed by atoms with Gasteiger partial charge in [-0.2, -0.15) is 0 Å². The van der Waals surface area contributed by atoms with Gasteiger partial charge in [-0.1, -0.05) is 79.2 Å². The van der Waals surface area contributed by atoms with E-state index in [4.69, 9.17) is 5.11 Å². The van der Waals surface area contributed by atoms with Gasteiger partial charge in [-0.05, 0) is 42.9 Å². The summed E-state index contributed by atoms with van der Waals surface area (Å²) in [5.41, 5.74) is 0.487. The van der Waals surface area contributed by atoms with Crippen LogP contribution in [0.4, 0.5) is 0 Å². The molecule has 0 aliphatic carbocycles. The van der Waals surface area contributed by atoms with E-state index in [1.165, 1.54) is 64.0 Å². The van der Waals surface area contributed by atoms with Crippen molar-refractivity contribution >= 4 is 0 Å². The molecule has 1 heteroatoms. The van der Waals surface area contributed by atoms with Crippen LogP contribution in [0.15, 0.2) is 12.3 Å². The van der Waals surface area contributed by atoms with Crippen LogP contribution in [-0.2, 0) is 0 Å². The molecule has 0 aromatic heterocycles. The highest BCUT2D eigenvalue weighted by molar-refractivity contribution is 4.73. The molecule has 0 saturated carbocycles. The quantitative estimate of drug-likeness (QED) is 0.280. The van der Waals surface area contributed by atoms with Crippen molar-refractivity contribution in [3.8, 4) is 0 Å². The third-order valence-electron chi connectivity index (χ3n) is 4.61. The molecular weight excluding hydrogens is 256 g/mol. The van der Waals surface area contributed by atoms with Crippen LogP contribution in [0.3, 0.4) is 0 Å². The zero-order chi connectivity index (χ0) is 16.1. The Kier molecular flexibility index (Phi) is 11.9. The first-order valence-corrected chi connectivity index (χ1v) is 9.16. The van der Waals surface area contributed by atoms with E-state index in [1.54, 1.807) is 0 Å². The molecule has 1 atom stereocenters. The normalized spacial score (nSPS) is 14.2. The van der Waals surface area contributed by atoms with Crippen molar-refractivity contribution in [2.45, 2.75) is 98.8 Å². The Morgan fingerprint density at radius 3 is 2.10 bits per heavy atom. The van der Waals surface area contributed by atoms with Crippen molar-refractivity contribution in [2.24, 2.45) is 17.3 Å². The van der Waals surface area contributed by atoms with Crippen LogP contribution in [0.25, 0.3) is 0 Å². The Balaban J connectivity index is 3.62. The fourth-order valence-electron chi connectivity index (χ4n) is 3.01. The lowest BCUT2D eigenvalue weighted by atomic mass is 9.81. The van der Waals surface area contributed by atoms with Gasteiger partial charge < -0.3 is 5.11 Å². The Labute approximate surface area is 134 Å². The lowest BCUT2D eigenvalue weighted by Gasteiger charge is -2.25. The highest BCUT2D eigenvalue weighted by Crippen LogP contribution is 2.31. The van der Waals surface area contributed by atoms with Gasteiger partial charge in [0.2, 0.25) is 0 Å². The zero-order valence-corrected chi connectivity index (χ0v) is 15.3. The van der Waals surface area contributed by atoms with Gasteiger partial charge in [-0.15, -0.1) is 0 Å². The van der Waals surface area contributed by atoms with Gasteiger partial charge in [0.1, 0.15) is 0 Å². The monoisotopic (exact) mass is 296 g/mol. The molecule has 0 heterocycles. The van der Waals surface area contributed by atoms with Gasteiger partial charge >= 0.3 is 0 Å². The number of allylic oxidation sites excluding steroid dienone is 1. The van der Waals surface area contributed by atoms with E-state index in [9.17, 15) is 0 Å². The lowest BCUT2D eigenvalue weighted by Crippen LogP contribution is -2.11. The van der Waals surface area contributed by atoms with Gasteiger partial charge in [0.05, 0.1) is 6.26 Å². The molecule has 1 unspecified atom stereocenters. The summed E-state index contributed by atoms with van der Waals surface area (Å²) in [5.74, 6) is 1.76. The van der Waals surface area contributed by atoms with E-state index >= 15 is 0 Å². The molecular formula is C20H40O. The van der Waals surface area contributed by atoms with E-state index in [0.717, 1.165) is 18.3 Å². The van der Waals surface area contributed by atoms with Crippen LogP contribution >= 0.6 is 0 Å². The molecule has 1 nitrogen and oxygen atoms in total. The second kappa shape index (κ2) is 12.1. The lowest BCUT2D eigenvalue weighted by molar-refractivity contribution is 0.274. The SMILES string of the molecule is CC(C)CCCC(C)CCCC(C)(C)CCCC/C=C/O. The van der Waals surface area contributed by atoms with E-state index < -0.39 is 0 Å². The average Bonchev–Trinajstić information content (AvgIpc) is 2.37. The molecule has 0 bridgehead atoms. The second-order valence-electron chi connectivity index (χ2n) is 8.12.